The lowest BCUT2D eigenvalue weighted by atomic mass is 10.0. The van der Waals surface area contributed by atoms with Crippen molar-refractivity contribution in [1.82, 2.24) is 10.2 Å². The smallest absolute Gasteiger partial charge is 0.123 e. The number of benzene rings is 1. The molecule has 1 aliphatic rings. The molecule has 20 heavy (non-hydrogen) atoms. The van der Waals surface area contributed by atoms with Crippen molar-refractivity contribution < 1.29 is 4.39 Å². The van der Waals surface area contributed by atoms with E-state index >= 15 is 0 Å². The van der Waals surface area contributed by atoms with Crippen molar-refractivity contribution >= 4 is 0 Å². The van der Waals surface area contributed by atoms with Crippen molar-refractivity contribution in [2.45, 2.75) is 52.7 Å². The molecule has 0 amide bonds. The minimum atomic E-state index is -0.142. The van der Waals surface area contributed by atoms with Gasteiger partial charge in [0.2, 0.25) is 0 Å². The summed E-state index contributed by atoms with van der Waals surface area (Å²) in [5.74, 6) is 0.494. The van der Waals surface area contributed by atoms with Crippen LogP contribution in [0.2, 0.25) is 0 Å². The molecule has 1 saturated heterocycles. The van der Waals surface area contributed by atoms with E-state index in [-0.39, 0.29) is 5.82 Å². The van der Waals surface area contributed by atoms with Crippen LogP contribution in [0, 0.1) is 18.7 Å². The van der Waals surface area contributed by atoms with Crippen LogP contribution in [0.4, 0.5) is 4.39 Å². The molecule has 0 bridgehead atoms. The molecule has 1 fully saturated rings. The van der Waals surface area contributed by atoms with Crippen molar-refractivity contribution in [1.29, 1.82) is 0 Å². The second-order valence-electron chi connectivity index (χ2n) is 6.44. The summed E-state index contributed by atoms with van der Waals surface area (Å²) >= 11 is 0. The first-order valence-corrected chi connectivity index (χ1v) is 7.70. The average Bonchev–Trinajstić information content (AvgIpc) is 2.55. The molecule has 3 heteroatoms. The summed E-state index contributed by atoms with van der Waals surface area (Å²) in [6.07, 6.45) is 1.17. The van der Waals surface area contributed by atoms with Gasteiger partial charge in [0.15, 0.2) is 0 Å². The molecular formula is C17H27FN2. The number of hydrogen-bond donors (Lipinski definition) is 1. The van der Waals surface area contributed by atoms with Crippen LogP contribution in [0.15, 0.2) is 18.2 Å². The number of aryl methyl sites for hydroxylation is 1. The molecule has 0 aliphatic carbocycles. The van der Waals surface area contributed by atoms with Crippen LogP contribution >= 0.6 is 0 Å². The zero-order valence-corrected chi connectivity index (χ0v) is 13.1. The SMILES string of the molecule is Cc1cc(F)ccc1CN1CC(C(C)C)NCCC1C. The van der Waals surface area contributed by atoms with Gasteiger partial charge in [-0.1, -0.05) is 19.9 Å². The first-order valence-electron chi connectivity index (χ1n) is 7.70. The maximum absolute atomic E-state index is 13.2. The van der Waals surface area contributed by atoms with Gasteiger partial charge in [-0.05, 0) is 56.0 Å². The van der Waals surface area contributed by atoms with E-state index in [4.69, 9.17) is 0 Å². The van der Waals surface area contributed by atoms with E-state index in [1.54, 1.807) is 12.1 Å². The standard InChI is InChI=1S/C17H27FN2/c1-12(2)17-11-20(14(4)7-8-19-17)10-15-5-6-16(18)9-13(15)3/h5-6,9,12,14,17,19H,7-8,10-11H2,1-4H3. The van der Waals surface area contributed by atoms with Crippen LogP contribution in [-0.4, -0.2) is 30.1 Å². The number of nitrogens with zero attached hydrogens (tertiary/aromatic N) is 1. The molecule has 2 atom stereocenters. The molecule has 2 unspecified atom stereocenters. The first kappa shape index (κ1) is 15.5. The van der Waals surface area contributed by atoms with Crippen molar-refractivity contribution in [2.24, 2.45) is 5.92 Å². The fourth-order valence-corrected chi connectivity index (χ4v) is 2.88. The van der Waals surface area contributed by atoms with Gasteiger partial charge in [-0.2, -0.15) is 0 Å². The summed E-state index contributed by atoms with van der Waals surface area (Å²) in [5, 5.41) is 3.65. The molecule has 1 aliphatic heterocycles. The molecule has 2 rings (SSSR count). The van der Waals surface area contributed by atoms with E-state index < -0.39 is 0 Å². The molecular weight excluding hydrogens is 251 g/mol. The van der Waals surface area contributed by atoms with E-state index in [2.05, 4.69) is 31.0 Å². The van der Waals surface area contributed by atoms with Gasteiger partial charge in [0.05, 0.1) is 0 Å². The topological polar surface area (TPSA) is 15.3 Å². The Morgan fingerprint density at radius 3 is 2.80 bits per heavy atom. The summed E-state index contributed by atoms with van der Waals surface area (Å²) < 4.78 is 13.2. The van der Waals surface area contributed by atoms with Gasteiger partial charge in [-0.25, -0.2) is 4.39 Å². The maximum Gasteiger partial charge on any atom is 0.123 e. The van der Waals surface area contributed by atoms with Crippen molar-refractivity contribution in [3.63, 3.8) is 0 Å². The van der Waals surface area contributed by atoms with Gasteiger partial charge < -0.3 is 5.32 Å². The highest BCUT2D eigenvalue weighted by atomic mass is 19.1. The second kappa shape index (κ2) is 6.68. The Morgan fingerprint density at radius 2 is 2.15 bits per heavy atom. The molecule has 1 aromatic carbocycles. The minimum Gasteiger partial charge on any atom is -0.312 e. The third-order valence-corrected chi connectivity index (χ3v) is 4.51. The van der Waals surface area contributed by atoms with Crippen LogP contribution in [0.1, 0.15) is 38.3 Å². The number of hydrogen-bond acceptors (Lipinski definition) is 2. The fourth-order valence-electron chi connectivity index (χ4n) is 2.88. The quantitative estimate of drug-likeness (QED) is 0.912. The Hall–Kier alpha value is -0.930. The summed E-state index contributed by atoms with van der Waals surface area (Å²) in [7, 11) is 0. The normalized spacial score (nSPS) is 24.9. The average molecular weight is 278 g/mol. The Kier molecular flexibility index (Phi) is 5.17. The van der Waals surface area contributed by atoms with Gasteiger partial charge in [-0.3, -0.25) is 4.90 Å². The van der Waals surface area contributed by atoms with Gasteiger partial charge in [0.1, 0.15) is 5.82 Å². The largest absolute Gasteiger partial charge is 0.312 e. The molecule has 112 valence electrons. The summed E-state index contributed by atoms with van der Waals surface area (Å²) in [6.45, 7) is 11.9. The van der Waals surface area contributed by atoms with Crippen LogP contribution in [0.5, 0.6) is 0 Å². The molecule has 2 nitrogen and oxygen atoms in total. The third-order valence-electron chi connectivity index (χ3n) is 4.51. The Balaban J connectivity index is 2.12. The number of halogens is 1. The van der Waals surface area contributed by atoms with Crippen molar-refractivity contribution in [3.8, 4) is 0 Å². The molecule has 0 saturated carbocycles. The maximum atomic E-state index is 13.2. The molecule has 1 aromatic rings. The predicted molar refractivity (Wildman–Crippen MR) is 82.3 cm³/mol. The molecule has 0 spiro atoms. The molecule has 0 aromatic heterocycles. The van der Waals surface area contributed by atoms with E-state index in [0.29, 0.717) is 18.0 Å². The van der Waals surface area contributed by atoms with E-state index in [9.17, 15) is 4.39 Å². The van der Waals surface area contributed by atoms with E-state index in [1.165, 1.54) is 12.0 Å². The fraction of sp³-hybridized carbons (Fsp3) is 0.647. The van der Waals surface area contributed by atoms with E-state index in [0.717, 1.165) is 25.2 Å². The molecule has 1 heterocycles. The zero-order chi connectivity index (χ0) is 14.7. The van der Waals surface area contributed by atoms with Gasteiger partial charge in [0, 0.05) is 25.2 Å². The third kappa shape index (κ3) is 3.80. The summed E-state index contributed by atoms with van der Waals surface area (Å²) in [5.41, 5.74) is 2.29. The Bertz CT molecular complexity index is 445. The lowest BCUT2D eigenvalue weighted by Gasteiger charge is -2.31. The van der Waals surface area contributed by atoms with Crippen LogP contribution in [0.25, 0.3) is 0 Å². The van der Waals surface area contributed by atoms with Crippen molar-refractivity contribution in [2.75, 3.05) is 13.1 Å². The van der Waals surface area contributed by atoms with Crippen LogP contribution in [0.3, 0.4) is 0 Å². The number of nitrogens with one attached hydrogen (secondary N) is 1. The van der Waals surface area contributed by atoms with Crippen LogP contribution in [-0.2, 0) is 6.54 Å². The first-order chi connectivity index (χ1) is 9.47. The minimum absolute atomic E-state index is 0.142. The predicted octanol–water partition coefficient (Wildman–Crippen LogP) is 3.34. The Morgan fingerprint density at radius 1 is 1.40 bits per heavy atom. The lowest BCUT2D eigenvalue weighted by molar-refractivity contribution is 0.183. The van der Waals surface area contributed by atoms with Crippen molar-refractivity contribution in [3.05, 3.63) is 35.1 Å². The van der Waals surface area contributed by atoms with Gasteiger partial charge in [0.25, 0.3) is 0 Å². The second-order valence-corrected chi connectivity index (χ2v) is 6.44. The monoisotopic (exact) mass is 278 g/mol. The van der Waals surface area contributed by atoms with Gasteiger partial charge >= 0.3 is 0 Å². The van der Waals surface area contributed by atoms with Crippen LogP contribution < -0.4 is 5.32 Å². The molecule has 0 radical (unpaired) electrons. The molecule has 1 N–H and O–H groups in total. The lowest BCUT2D eigenvalue weighted by Crippen LogP contribution is -2.42. The highest BCUT2D eigenvalue weighted by Gasteiger charge is 2.24. The Labute approximate surface area is 122 Å². The summed E-state index contributed by atoms with van der Waals surface area (Å²) in [4.78, 5) is 2.53. The number of rotatable bonds is 3. The highest BCUT2D eigenvalue weighted by molar-refractivity contribution is 5.26. The zero-order valence-electron chi connectivity index (χ0n) is 13.1. The highest BCUT2D eigenvalue weighted by Crippen LogP contribution is 2.19. The summed E-state index contributed by atoms with van der Waals surface area (Å²) in [6, 6.07) is 6.25. The van der Waals surface area contributed by atoms with Gasteiger partial charge in [-0.15, -0.1) is 0 Å². The van der Waals surface area contributed by atoms with E-state index in [1.807, 2.05) is 13.0 Å².